The Hall–Kier alpha value is -0.220. The molecule has 1 N–H and O–H groups in total. The van der Waals surface area contributed by atoms with Crippen LogP contribution < -0.4 is 5.32 Å². The Labute approximate surface area is 84.2 Å². The number of carbonyl (C=O) groups excluding carboxylic acids is 1. The number of nitrogens with zero attached hydrogens (tertiary/aromatic N) is 1. The first-order chi connectivity index (χ1) is 6.15. The van der Waals surface area contributed by atoms with Gasteiger partial charge >= 0.3 is 0 Å². The molecule has 0 spiro atoms. The molecule has 1 rings (SSSR count). The molecule has 76 valence electrons. The van der Waals surface area contributed by atoms with Gasteiger partial charge in [-0.15, -0.1) is 0 Å². The van der Waals surface area contributed by atoms with E-state index < -0.39 is 0 Å². The van der Waals surface area contributed by atoms with Crippen molar-refractivity contribution in [3.63, 3.8) is 0 Å². The van der Waals surface area contributed by atoms with Crippen LogP contribution >= 0.6 is 11.8 Å². The van der Waals surface area contributed by atoms with E-state index in [-0.39, 0.29) is 11.9 Å². The molecule has 1 amide bonds. The molecule has 4 heteroatoms. The molecule has 0 aromatic rings. The van der Waals surface area contributed by atoms with Gasteiger partial charge < -0.3 is 4.90 Å². The predicted octanol–water partition coefficient (Wildman–Crippen LogP) is 0.763. The van der Waals surface area contributed by atoms with E-state index in [9.17, 15) is 4.79 Å². The number of rotatable bonds is 4. The second-order valence-electron chi connectivity index (χ2n) is 3.71. The van der Waals surface area contributed by atoms with Crippen LogP contribution in [0.15, 0.2) is 0 Å². The van der Waals surface area contributed by atoms with E-state index in [1.165, 1.54) is 0 Å². The predicted molar refractivity (Wildman–Crippen MR) is 56.7 cm³/mol. The van der Waals surface area contributed by atoms with E-state index in [0.717, 1.165) is 19.0 Å². The summed E-state index contributed by atoms with van der Waals surface area (Å²) in [5.41, 5.74) is 0. The summed E-state index contributed by atoms with van der Waals surface area (Å²) < 4.78 is 0. The van der Waals surface area contributed by atoms with Gasteiger partial charge in [-0.05, 0) is 24.9 Å². The third kappa shape index (κ3) is 2.88. The van der Waals surface area contributed by atoms with Crippen molar-refractivity contribution in [3.8, 4) is 0 Å². The van der Waals surface area contributed by atoms with Gasteiger partial charge in [0.25, 0.3) is 0 Å². The highest BCUT2D eigenvalue weighted by molar-refractivity contribution is 7.98. The van der Waals surface area contributed by atoms with Crippen LogP contribution in [0.25, 0.3) is 0 Å². The van der Waals surface area contributed by atoms with Crippen LogP contribution in [0.2, 0.25) is 0 Å². The van der Waals surface area contributed by atoms with Gasteiger partial charge in [0.05, 0.1) is 12.7 Å². The van der Waals surface area contributed by atoms with E-state index in [0.29, 0.717) is 5.92 Å². The summed E-state index contributed by atoms with van der Waals surface area (Å²) in [5.74, 6) is 1.96. The minimum atomic E-state index is 0.0153. The zero-order valence-corrected chi connectivity index (χ0v) is 9.36. The van der Waals surface area contributed by atoms with Gasteiger partial charge in [-0.3, -0.25) is 10.1 Å². The highest BCUT2D eigenvalue weighted by Gasteiger charge is 2.27. The number of amides is 1. The van der Waals surface area contributed by atoms with Crippen molar-refractivity contribution >= 4 is 17.7 Å². The van der Waals surface area contributed by atoms with Crippen molar-refractivity contribution in [1.29, 1.82) is 0 Å². The van der Waals surface area contributed by atoms with Crippen LogP contribution in [0.3, 0.4) is 0 Å². The van der Waals surface area contributed by atoms with E-state index in [2.05, 4.69) is 18.5 Å². The third-order valence-electron chi connectivity index (χ3n) is 2.25. The molecule has 0 bridgehead atoms. The summed E-state index contributed by atoms with van der Waals surface area (Å²) in [5, 5.41) is 3.14. The first-order valence-corrected chi connectivity index (χ1v) is 6.05. The van der Waals surface area contributed by atoms with E-state index in [1.807, 2.05) is 23.6 Å². The van der Waals surface area contributed by atoms with Gasteiger partial charge in [-0.25, -0.2) is 0 Å². The average molecular weight is 202 g/mol. The summed E-state index contributed by atoms with van der Waals surface area (Å²) in [6, 6.07) is 0.0153. The zero-order chi connectivity index (χ0) is 9.84. The van der Waals surface area contributed by atoms with E-state index in [1.54, 1.807) is 0 Å². The Morgan fingerprint density at radius 3 is 2.92 bits per heavy atom. The number of hydrogen-bond acceptors (Lipinski definition) is 3. The largest absolute Gasteiger partial charge is 0.328 e. The van der Waals surface area contributed by atoms with Gasteiger partial charge in [-0.2, -0.15) is 11.8 Å². The Morgan fingerprint density at radius 1 is 1.77 bits per heavy atom. The molecular weight excluding hydrogens is 184 g/mol. The second-order valence-corrected chi connectivity index (χ2v) is 4.62. The number of thioether (sulfide) groups is 1. The molecule has 0 radical (unpaired) electrons. The van der Waals surface area contributed by atoms with Crippen LogP contribution in [-0.2, 0) is 4.79 Å². The molecule has 2 unspecified atom stereocenters. The van der Waals surface area contributed by atoms with Crippen molar-refractivity contribution in [3.05, 3.63) is 0 Å². The normalized spacial score (nSPS) is 25.3. The van der Waals surface area contributed by atoms with Crippen molar-refractivity contribution in [2.75, 3.05) is 25.2 Å². The number of carbonyl (C=O) groups is 1. The topological polar surface area (TPSA) is 32.3 Å². The van der Waals surface area contributed by atoms with E-state index >= 15 is 0 Å². The molecule has 0 aliphatic carbocycles. The van der Waals surface area contributed by atoms with Gasteiger partial charge in [0, 0.05) is 6.54 Å². The van der Waals surface area contributed by atoms with Gasteiger partial charge in [0.15, 0.2) is 0 Å². The highest BCUT2D eigenvalue weighted by atomic mass is 32.2. The van der Waals surface area contributed by atoms with Crippen molar-refractivity contribution in [2.24, 2.45) is 5.92 Å². The fraction of sp³-hybridized carbons (Fsp3) is 0.889. The zero-order valence-electron chi connectivity index (χ0n) is 8.54. The Bertz CT molecular complexity index is 186. The fourth-order valence-corrected chi connectivity index (χ4v) is 2.23. The van der Waals surface area contributed by atoms with Crippen molar-refractivity contribution < 1.29 is 4.79 Å². The lowest BCUT2D eigenvalue weighted by atomic mass is 10.2. The minimum Gasteiger partial charge on any atom is -0.328 e. The molecule has 0 saturated carbocycles. The van der Waals surface area contributed by atoms with Crippen molar-refractivity contribution in [2.45, 2.75) is 19.9 Å². The van der Waals surface area contributed by atoms with Crippen LogP contribution in [0, 0.1) is 5.92 Å². The number of nitrogens with one attached hydrogen (secondary N) is 1. The first kappa shape index (κ1) is 10.9. The number of hydrogen-bond donors (Lipinski definition) is 1. The van der Waals surface area contributed by atoms with Gasteiger partial charge in [0.2, 0.25) is 5.91 Å². The molecule has 2 atom stereocenters. The van der Waals surface area contributed by atoms with E-state index in [4.69, 9.17) is 0 Å². The standard InChI is InChI=1S/C9H18N2OS/c1-7(5-13-3)4-11-6-10-8(2)9(11)12/h7-8,10H,4-6H2,1-3H3. The van der Waals surface area contributed by atoms with Gasteiger partial charge in [0.1, 0.15) is 0 Å². The minimum absolute atomic E-state index is 0.0153. The van der Waals surface area contributed by atoms with Crippen LogP contribution in [0.1, 0.15) is 13.8 Å². The maximum absolute atomic E-state index is 11.5. The molecular formula is C9H18N2OS. The third-order valence-corrected chi connectivity index (χ3v) is 3.16. The molecule has 13 heavy (non-hydrogen) atoms. The SMILES string of the molecule is CSCC(C)CN1CNC(C)C1=O. The maximum atomic E-state index is 11.5. The monoisotopic (exact) mass is 202 g/mol. The molecule has 1 heterocycles. The molecule has 1 fully saturated rings. The molecule has 0 aromatic heterocycles. The molecule has 0 aromatic carbocycles. The van der Waals surface area contributed by atoms with Crippen LogP contribution in [-0.4, -0.2) is 42.1 Å². The fourth-order valence-electron chi connectivity index (χ4n) is 1.55. The van der Waals surface area contributed by atoms with Crippen molar-refractivity contribution in [1.82, 2.24) is 10.2 Å². The Balaban J connectivity index is 2.33. The average Bonchev–Trinajstić information content (AvgIpc) is 2.37. The second kappa shape index (κ2) is 4.86. The lowest BCUT2D eigenvalue weighted by Gasteiger charge is -2.19. The lowest BCUT2D eigenvalue weighted by molar-refractivity contribution is -0.128. The Kier molecular flexibility index (Phi) is 4.06. The summed E-state index contributed by atoms with van der Waals surface area (Å²) in [7, 11) is 0. The van der Waals surface area contributed by atoms with Crippen LogP contribution in [0.4, 0.5) is 0 Å². The smallest absolute Gasteiger partial charge is 0.240 e. The first-order valence-electron chi connectivity index (χ1n) is 4.66. The lowest BCUT2D eigenvalue weighted by Crippen LogP contribution is -2.32. The highest BCUT2D eigenvalue weighted by Crippen LogP contribution is 2.10. The Morgan fingerprint density at radius 2 is 2.46 bits per heavy atom. The quantitative estimate of drug-likeness (QED) is 0.730. The molecule has 3 nitrogen and oxygen atoms in total. The summed E-state index contributed by atoms with van der Waals surface area (Å²) in [6.45, 7) is 5.71. The molecule has 1 aliphatic rings. The molecule has 1 saturated heterocycles. The summed E-state index contributed by atoms with van der Waals surface area (Å²) in [4.78, 5) is 13.4. The van der Waals surface area contributed by atoms with Gasteiger partial charge in [-0.1, -0.05) is 6.92 Å². The van der Waals surface area contributed by atoms with Crippen LogP contribution in [0.5, 0.6) is 0 Å². The summed E-state index contributed by atoms with van der Waals surface area (Å²) >= 11 is 1.84. The summed E-state index contributed by atoms with van der Waals surface area (Å²) in [6.07, 6.45) is 2.10. The maximum Gasteiger partial charge on any atom is 0.240 e. The molecule has 1 aliphatic heterocycles.